The van der Waals surface area contributed by atoms with Gasteiger partial charge in [0.2, 0.25) is 0 Å². The van der Waals surface area contributed by atoms with Crippen LogP contribution in [0.2, 0.25) is 0 Å². The van der Waals surface area contributed by atoms with Gasteiger partial charge in [0.15, 0.2) is 0 Å². The van der Waals surface area contributed by atoms with Gasteiger partial charge in [-0.05, 0) is 0 Å². The van der Waals surface area contributed by atoms with E-state index < -0.39 is 31.3 Å². The van der Waals surface area contributed by atoms with Crippen molar-refractivity contribution in [3.05, 3.63) is 0 Å². The fraction of sp³-hybridized carbons (Fsp3) is 0. The molecule has 0 fully saturated rings. The first-order valence-electron chi connectivity index (χ1n) is 3.13. The van der Waals surface area contributed by atoms with E-state index in [9.17, 15) is 0 Å². The molecule has 0 radical (unpaired) electrons. The molecule has 0 saturated carbocycles. The fourth-order valence-electron chi connectivity index (χ4n) is 0. The average molecular weight is 576 g/mol. The fourth-order valence-corrected chi connectivity index (χ4v) is 0. The Morgan fingerprint density at radius 2 is 0.409 bits per heavy atom. The molecular formula is H13KNdO16P4. The summed E-state index contributed by atoms with van der Waals surface area (Å²) in [6.07, 6.45) is 0. The standard InChI is InChI=1S/K.Nd.4H3O4P.H/c;;4*1-5(2,3)4;/h;;4*(H3,1,2,3,4);/q+1;;;;;;-1. The first-order valence-corrected chi connectivity index (χ1v) is 9.39. The molecule has 12 N–H and O–H groups in total. The number of hydrogen-bond donors (Lipinski definition) is 12. The van der Waals surface area contributed by atoms with Gasteiger partial charge < -0.3 is 60.1 Å². The minimum Gasteiger partial charge on any atom is -1.00 e. The molecule has 0 spiro atoms. The summed E-state index contributed by atoms with van der Waals surface area (Å²) in [7, 11) is -18.6. The topological polar surface area (TPSA) is 311 Å². The Morgan fingerprint density at radius 1 is 0.409 bits per heavy atom. The third kappa shape index (κ3) is 1000. The number of phosphoric acid groups is 4. The van der Waals surface area contributed by atoms with Crippen LogP contribution in [0.25, 0.3) is 0 Å². The summed E-state index contributed by atoms with van der Waals surface area (Å²) in [6.45, 7) is 0. The molecule has 0 aliphatic heterocycles. The molecule has 16 nitrogen and oxygen atoms in total. The van der Waals surface area contributed by atoms with E-state index in [0.29, 0.717) is 0 Å². The monoisotopic (exact) mass is 574 g/mol. The minimum absolute atomic E-state index is 0. The maximum atomic E-state index is 8.88. The predicted molar refractivity (Wildman–Crippen MR) is 58.2 cm³/mol. The first kappa shape index (κ1) is 40.2. The van der Waals surface area contributed by atoms with E-state index in [2.05, 4.69) is 0 Å². The van der Waals surface area contributed by atoms with E-state index in [1.54, 1.807) is 0 Å². The van der Waals surface area contributed by atoms with Crippen molar-refractivity contribution in [1.82, 2.24) is 0 Å². The molecule has 0 unspecified atom stereocenters. The molecule has 0 aromatic rings. The number of rotatable bonds is 0. The van der Waals surface area contributed by atoms with Crippen molar-refractivity contribution in [1.29, 1.82) is 0 Å². The zero-order valence-electron chi connectivity index (χ0n) is 11.3. The molecule has 0 bridgehead atoms. The average Bonchev–Trinajstić information content (AvgIpc) is 1.62. The zero-order valence-corrected chi connectivity index (χ0v) is 20.2. The van der Waals surface area contributed by atoms with Gasteiger partial charge in [0.05, 0.1) is 0 Å². The van der Waals surface area contributed by atoms with Gasteiger partial charge in [-0.3, -0.25) is 0 Å². The molecular weight excluding hydrogens is 563 g/mol. The van der Waals surface area contributed by atoms with Gasteiger partial charge in [0.1, 0.15) is 0 Å². The van der Waals surface area contributed by atoms with Gasteiger partial charge in [-0.25, -0.2) is 18.3 Å². The Labute approximate surface area is 199 Å². The maximum absolute atomic E-state index is 8.88. The van der Waals surface area contributed by atoms with Crippen molar-refractivity contribution in [3.8, 4) is 0 Å². The Bertz CT molecular complexity index is 297. The summed E-state index contributed by atoms with van der Waals surface area (Å²) < 4.78 is 35.5. The van der Waals surface area contributed by atoms with Crippen LogP contribution in [0.15, 0.2) is 0 Å². The van der Waals surface area contributed by atoms with Gasteiger partial charge in [0, 0.05) is 40.8 Å². The summed E-state index contributed by atoms with van der Waals surface area (Å²) in [5.41, 5.74) is 0. The van der Waals surface area contributed by atoms with Crippen LogP contribution in [0.4, 0.5) is 0 Å². The van der Waals surface area contributed by atoms with Crippen LogP contribution in [0, 0.1) is 40.8 Å². The van der Waals surface area contributed by atoms with Crippen LogP contribution >= 0.6 is 31.3 Å². The predicted octanol–water partition coefficient (Wildman–Crippen LogP) is -6.60. The van der Waals surface area contributed by atoms with Crippen molar-refractivity contribution in [3.63, 3.8) is 0 Å². The Balaban J connectivity index is -0.0000000284. The molecule has 0 aromatic carbocycles. The maximum Gasteiger partial charge on any atom is 1.00 e. The molecule has 22 heavy (non-hydrogen) atoms. The van der Waals surface area contributed by atoms with Crippen LogP contribution < -0.4 is 51.4 Å². The van der Waals surface area contributed by atoms with Crippen LogP contribution in [-0.4, -0.2) is 58.7 Å². The van der Waals surface area contributed by atoms with E-state index in [-0.39, 0.29) is 93.6 Å². The summed E-state index contributed by atoms with van der Waals surface area (Å²) in [6, 6.07) is 0. The SMILES string of the molecule is O=P(O)(O)O.O=P(O)(O)O.O=P(O)(O)O.O=P(O)(O)O.[H-].[K+].[Nd]. The van der Waals surface area contributed by atoms with Crippen LogP contribution in [0.5, 0.6) is 0 Å². The summed E-state index contributed by atoms with van der Waals surface area (Å²) in [5, 5.41) is 0. The third-order valence-electron chi connectivity index (χ3n) is 0. The van der Waals surface area contributed by atoms with E-state index in [4.69, 9.17) is 77.0 Å². The van der Waals surface area contributed by atoms with E-state index >= 15 is 0 Å². The Hall–Kier alpha value is 3.43. The van der Waals surface area contributed by atoms with Crippen molar-refractivity contribution < 1.29 is 171 Å². The van der Waals surface area contributed by atoms with E-state index in [1.165, 1.54) is 0 Å². The molecule has 0 aromatic heterocycles. The molecule has 0 aliphatic carbocycles. The molecule has 0 atom stereocenters. The van der Waals surface area contributed by atoms with E-state index in [0.717, 1.165) is 0 Å². The summed E-state index contributed by atoms with van der Waals surface area (Å²) in [4.78, 5) is 86.2. The largest absolute Gasteiger partial charge is 1.00 e. The van der Waals surface area contributed by atoms with Gasteiger partial charge >= 0.3 is 82.7 Å². The smallest absolute Gasteiger partial charge is 1.00 e. The second-order valence-corrected chi connectivity index (χ2v) is 6.16. The molecule has 0 aliphatic rings. The van der Waals surface area contributed by atoms with Crippen LogP contribution in [0.3, 0.4) is 0 Å². The molecule has 134 valence electrons. The second-order valence-electron chi connectivity index (χ2n) is 2.05. The molecule has 22 heteroatoms. The third-order valence-corrected chi connectivity index (χ3v) is 0. The van der Waals surface area contributed by atoms with Crippen molar-refractivity contribution in [2.75, 3.05) is 0 Å². The first-order chi connectivity index (χ1) is 8.00. The van der Waals surface area contributed by atoms with E-state index in [1.807, 2.05) is 0 Å². The van der Waals surface area contributed by atoms with Crippen LogP contribution in [-0.2, 0) is 18.3 Å². The Morgan fingerprint density at radius 3 is 0.409 bits per heavy atom. The summed E-state index contributed by atoms with van der Waals surface area (Å²) >= 11 is 0. The zero-order chi connectivity index (χ0) is 18.0. The summed E-state index contributed by atoms with van der Waals surface area (Å²) in [5.74, 6) is 0. The Kier molecular flexibility index (Phi) is 32.6. The molecule has 0 heterocycles. The van der Waals surface area contributed by atoms with Gasteiger partial charge in [-0.15, -0.1) is 0 Å². The van der Waals surface area contributed by atoms with Crippen molar-refractivity contribution in [2.24, 2.45) is 0 Å². The van der Waals surface area contributed by atoms with Gasteiger partial charge in [-0.1, -0.05) is 0 Å². The molecule has 0 saturated heterocycles. The van der Waals surface area contributed by atoms with Crippen molar-refractivity contribution >= 4 is 31.3 Å². The van der Waals surface area contributed by atoms with Gasteiger partial charge in [0.25, 0.3) is 0 Å². The molecule has 0 amide bonds. The normalized spacial score (nSPS) is 10.7. The van der Waals surface area contributed by atoms with Crippen molar-refractivity contribution in [2.45, 2.75) is 0 Å². The quantitative estimate of drug-likeness (QED) is 0.0942. The van der Waals surface area contributed by atoms with Gasteiger partial charge in [-0.2, -0.15) is 0 Å². The second kappa shape index (κ2) is 17.8. The minimum atomic E-state index is -4.64. The van der Waals surface area contributed by atoms with Crippen LogP contribution in [0.1, 0.15) is 1.43 Å². The number of hydrogen-bond acceptors (Lipinski definition) is 4. The molecule has 0 rings (SSSR count).